The fraction of sp³-hybridized carbons (Fsp3) is 0. The molecule has 0 saturated heterocycles. The van der Waals surface area contributed by atoms with Crippen molar-refractivity contribution in [3.63, 3.8) is 0 Å². The summed E-state index contributed by atoms with van der Waals surface area (Å²) in [5.41, 5.74) is 11.4. The molecule has 7 aromatic carbocycles. The van der Waals surface area contributed by atoms with Crippen molar-refractivity contribution in [3.8, 4) is 39.7 Å². The van der Waals surface area contributed by atoms with E-state index in [4.69, 9.17) is 0 Å². The van der Waals surface area contributed by atoms with E-state index in [0.29, 0.717) is 5.56 Å². The normalized spacial score (nSPS) is 11.5. The molecule has 9 aromatic rings. The molecular formula is C43H27N3. The number of hydrogen-bond donors (Lipinski definition) is 0. The number of para-hydroxylation sites is 5. The Morgan fingerprint density at radius 1 is 0.391 bits per heavy atom. The molecule has 0 aliphatic heterocycles. The highest BCUT2D eigenvalue weighted by Gasteiger charge is 2.20. The first-order valence-corrected chi connectivity index (χ1v) is 15.5. The summed E-state index contributed by atoms with van der Waals surface area (Å²) < 4.78 is 4.64. The Labute approximate surface area is 266 Å². The molecule has 3 nitrogen and oxygen atoms in total. The van der Waals surface area contributed by atoms with Crippen LogP contribution in [0.2, 0.25) is 0 Å². The molecule has 0 saturated carbocycles. The van der Waals surface area contributed by atoms with Crippen LogP contribution in [0.15, 0.2) is 164 Å². The number of aromatic nitrogens is 2. The molecule has 0 spiro atoms. The average Bonchev–Trinajstić information content (AvgIpc) is 3.64. The van der Waals surface area contributed by atoms with E-state index in [1.807, 2.05) is 12.1 Å². The van der Waals surface area contributed by atoms with Gasteiger partial charge in [0.1, 0.15) is 6.07 Å². The average molecular weight is 586 g/mol. The van der Waals surface area contributed by atoms with Gasteiger partial charge in [-0.3, -0.25) is 0 Å². The number of benzene rings is 7. The van der Waals surface area contributed by atoms with E-state index in [-0.39, 0.29) is 0 Å². The fourth-order valence-electron chi connectivity index (χ4n) is 7.16. The molecule has 0 aliphatic carbocycles. The SMILES string of the molecule is N#Cc1cccc(-c2cc(-c3ccccc3)cc(-n3c4ccccc4c4ccccc43)c2)c1-n1c2ccccc2c2ccccc21. The molecule has 0 aliphatic rings. The van der Waals surface area contributed by atoms with Gasteiger partial charge < -0.3 is 9.13 Å². The van der Waals surface area contributed by atoms with Crippen LogP contribution in [-0.2, 0) is 0 Å². The lowest BCUT2D eigenvalue weighted by Gasteiger charge is -2.18. The number of fused-ring (bicyclic) bond motifs is 6. The van der Waals surface area contributed by atoms with Crippen LogP contribution in [0.1, 0.15) is 5.56 Å². The second kappa shape index (κ2) is 10.4. The van der Waals surface area contributed by atoms with Gasteiger partial charge in [0, 0.05) is 32.8 Å². The lowest BCUT2D eigenvalue weighted by atomic mass is 9.95. The van der Waals surface area contributed by atoms with Gasteiger partial charge in [0.15, 0.2) is 0 Å². The third kappa shape index (κ3) is 3.91. The van der Waals surface area contributed by atoms with Crippen molar-refractivity contribution in [2.75, 3.05) is 0 Å². The summed E-state index contributed by atoms with van der Waals surface area (Å²) in [6.07, 6.45) is 0. The Morgan fingerprint density at radius 3 is 1.41 bits per heavy atom. The van der Waals surface area contributed by atoms with Gasteiger partial charge in [-0.25, -0.2) is 0 Å². The van der Waals surface area contributed by atoms with Crippen molar-refractivity contribution >= 4 is 43.6 Å². The monoisotopic (exact) mass is 585 g/mol. The highest BCUT2D eigenvalue weighted by atomic mass is 15.0. The van der Waals surface area contributed by atoms with Gasteiger partial charge in [0.2, 0.25) is 0 Å². The smallest absolute Gasteiger partial charge is 0.101 e. The van der Waals surface area contributed by atoms with Crippen LogP contribution in [0.5, 0.6) is 0 Å². The number of nitrogens with zero attached hydrogens (tertiary/aromatic N) is 3. The minimum atomic E-state index is 0.632. The first-order chi connectivity index (χ1) is 22.8. The molecule has 9 rings (SSSR count). The lowest BCUT2D eigenvalue weighted by Crippen LogP contribution is -2.02. The molecule has 0 atom stereocenters. The summed E-state index contributed by atoms with van der Waals surface area (Å²) in [4.78, 5) is 0. The predicted molar refractivity (Wildman–Crippen MR) is 191 cm³/mol. The van der Waals surface area contributed by atoms with Crippen LogP contribution < -0.4 is 0 Å². The Hall–Kier alpha value is -6.37. The van der Waals surface area contributed by atoms with E-state index in [1.165, 1.54) is 21.5 Å². The van der Waals surface area contributed by atoms with Gasteiger partial charge in [0.05, 0.1) is 33.3 Å². The standard InChI is InChI=1S/C43H27N3/c44-28-30-15-12-20-34(43(30)46-41-23-10-6-18-37(41)38-19-7-11-24-42(38)46)32-25-31(29-13-2-1-3-14-29)26-33(27-32)45-39-21-8-4-16-35(39)36-17-5-9-22-40(36)45/h1-27H. The van der Waals surface area contributed by atoms with Crippen molar-refractivity contribution in [3.05, 3.63) is 169 Å². The summed E-state index contributed by atoms with van der Waals surface area (Å²) in [5, 5.41) is 15.3. The van der Waals surface area contributed by atoms with Crippen molar-refractivity contribution < 1.29 is 0 Å². The second-order valence-corrected chi connectivity index (χ2v) is 11.7. The highest BCUT2D eigenvalue weighted by Crippen LogP contribution is 2.41. The van der Waals surface area contributed by atoms with Gasteiger partial charge in [-0.05, 0) is 65.2 Å². The van der Waals surface area contributed by atoms with Crippen molar-refractivity contribution in [1.82, 2.24) is 9.13 Å². The first-order valence-electron chi connectivity index (χ1n) is 15.5. The Balaban J connectivity index is 1.40. The van der Waals surface area contributed by atoms with Gasteiger partial charge in [0.25, 0.3) is 0 Å². The quantitative estimate of drug-likeness (QED) is 0.202. The number of nitriles is 1. The zero-order valence-corrected chi connectivity index (χ0v) is 24.9. The topological polar surface area (TPSA) is 33.6 Å². The van der Waals surface area contributed by atoms with Crippen molar-refractivity contribution in [2.45, 2.75) is 0 Å². The molecule has 214 valence electrons. The Morgan fingerprint density at radius 2 is 0.870 bits per heavy atom. The maximum atomic E-state index is 10.5. The van der Waals surface area contributed by atoms with E-state index in [0.717, 1.165) is 55.7 Å². The summed E-state index contributed by atoms with van der Waals surface area (Å²) >= 11 is 0. The summed E-state index contributed by atoms with van der Waals surface area (Å²) in [5.74, 6) is 0. The minimum absolute atomic E-state index is 0.632. The number of rotatable bonds is 4. The molecule has 0 amide bonds. The Bertz CT molecular complexity index is 2540. The number of hydrogen-bond acceptors (Lipinski definition) is 1. The third-order valence-electron chi connectivity index (χ3n) is 9.13. The van der Waals surface area contributed by atoms with Crippen LogP contribution in [0.4, 0.5) is 0 Å². The molecule has 3 heteroatoms. The maximum absolute atomic E-state index is 10.5. The summed E-state index contributed by atoms with van der Waals surface area (Å²) in [7, 11) is 0. The van der Waals surface area contributed by atoms with E-state index in [2.05, 4.69) is 167 Å². The highest BCUT2D eigenvalue weighted by molar-refractivity contribution is 6.11. The summed E-state index contributed by atoms with van der Waals surface area (Å²) in [6.45, 7) is 0. The molecule has 2 heterocycles. The molecule has 0 radical (unpaired) electrons. The minimum Gasteiger partial charge on any atom is -0.309 e. The molecule has 0 fully saturated rings. The molecule has 46 heavy (non-hydrogen) atoms. The van der Waals surface area contributed by atoms with E-state index < -0.39 is 0 Å². The van der Waals surface area contributed by atoms with Crippen LogP contribution in [-0.4, -0.2) is 9.13 Å². The van der Waals surface area contributed by atoms with Crippen LogP contribution in [0, 0.1) is 11.3 Å². The van der Waals surface area contributed by atoms with Gasteiger partial charge >= 0.3 is 0 Å². The lowest BCUT2D eigenvalue weighted by molar-refractivity contribution is 1.16. The van der Waals surface area contributed by atoms with E-state index in [1.54, 1.807) is 0 Å². The first kappa shape index (κ1) is 26.1. The summed E-state index contributed by atoms with van der Waals surface area (Å²) in [6, 6.07) is 60.2. The van der Waals surface area contributed by atoms with Gasteiger partial charge in [-0.2, -0.15) is 5.26 Å². The molecule has 0 unspecified atom stereocenters. The molecule has 0 bridgehead atoms. The third-order valence-corrected chi connectivity index (χ3v) is 9.13. The molecular weight excluding hydrogens is 558 g/mol. The van der Waals surface area contributed by atoms with Gasteiger partial charge in [-0.15, -0.1) is 0 Å². The van der Waals surface area contributed by atoms with Crippen LogP contribution >= 0.6 is 0 Å². The zero-order valence-electron chi connectivity index (χ0n) is 24.9. The van der Waals surface area contributed by atoms with Crippen LogP contribution in [0.25, 0.3) is 77.2 Å². The molecule has 2 aromatic heterocycles. The predicted octanol–water partition coefficient (Wildman–Crippen LogP) is 11.1. The molecule has 0 N–H and O–H groups in total. The largest absolute Gasteiger partial charge is 0.309 e. The van der Waals surface area contributed by atoms with E-state index in [9.17, 15) is 5.26 Å². The Kier molecular flexibility index (Phi) is 5.88. The van der Waals surface area contributed by atoms with E-state index >= 15 is 0 Å². The zero-order chi connectivity index (χ0) is 30.6. The second-order valence-electron chi connectivity index (χ2n) is 11.7. The van der Waals surface area contributed by atoms with Crippen molar-refractivity contribution in [2.24, 2.45) is 0 Å². The van der Waals surface area contributed by atoms with Crippen LogP contribution in [0.3, 0.4) is 0 Å². The van der Waals surface area contributed by atoms with Crippen molar-refractivity contribution in [1.29, 1.82) is 5.26 Å². The fourth-order valence-corrected chi connectivity index (χ4v) is 7.16. The maximum Gasteiger partial charge on any atom is 0.101 e. The van der Waals surface area contributed by atoms with Gasteiger partial charge in [-0.1, -0.05) is 115 Å².